The zero-order valence-corrected chi connectivity index (χ0v) is 13.7. The van der Waals surface area contributed by atoms with Crippen LogP contribution in [0.5, 0.6) is 6.01 Å². The molecule has 26 heavy (non-hydrogen) atoms. The van der Waals surface area contributed by atoms with E-state index in [0.717, 1.165) is 0 Å². The molecule has 1 aromatic carbocycles. The molecule has 10 heteroatoms. The average Bonchev–Trinajstić information content (AvgIpc) is 3.20. The lowest BCUT2D eigenvalue weighted by Crippen LogP contribution is -2.06. The van der Waals surface area contributed by atoms with E-state index in [1.807, 2.05) is 0 Å². The quantitative estimate of drug-likeness (QED) is 0.716. The molecule has 0 spiro atoms. The van der Waals surface area contributed by atoms with Crippen LogP contribution in [0.25, 0.3) is 11.6 Å². The van der Waals surface area contributed by atoms with Crippen molar-refractivity contribution in [1.29, 1.82) is 0 Å². The number of amides is 1. The summed E-state index contributed by atoms with van der Waals surface area (Å²) in [7, 11) is 1.43. The summed E-state index contributed by atoms with van der Waals surface area (Å²) in [6.07, 6.45) is 0.139. The lowest BCUT2D eigenvalue weighted by Gasteiger charge is -2.05. The van der Waals surface area contributed by atoms with Gasteiger partial charge in [0, 0.05) is 11.1 Å². The van der Waals surface area contributed by atoms with Gasteiger partial charge in [-0.2, -0.15) is 4.98 Å². The van der Waals surface area contributed by atoms with Gasteiger partial charge in [-0.05, 0) is 6.07 Å². The van der Waals surface area contributed by atoms with Crippen molar-refractivity contribution in [2.75, 3.05) is 18.2 Å². The molecule has 0 radical (unpaired) electrons. The predicted molar refractivity (Wildman–Crippen MR) is 89.8 cm³/mol. The van der Waals surface area contributed by atoms with Gasteiger partial charge in [0.15, 0.2) is 0 Å². The van der Waals surface area contributed by atoms with E-state index in [9.17, 15) is 9.18 Å². The van der Waals surface area contributed by atoms with Crippen LogP contribution in [0.15, 0.2) is 24.3 Å². The highest BCUT2D eigenvalue weighted by Gasteiger charge is 2.25. The van der Waals surface area contributed by atoms with Crippen LogP contribution in [0.2, 0.25) is 0 Å². The summed E-state index contributed by atoms with van der Waals surface area (Å²) in [6.45, 7) is 0.125. The third-order valence-electron chi connectivity index (χ3n) is 3.93. The van der Waals surface area contributed by atoms with Gasteiger partial charge in [-0.15, -0.1) is 5.10 Å². The van der Waals surface area contributed by atoms with Gasteiger partial charge in [0.1, 0.15) is 17.5 Å². The summed E-state index contributed by atoms with van der Waals surface area (Å²) < 4.78 is 20.5. The van der Waals surface area contributed by atoms with Gasteiger partial charge in [0.25, 0.3) is 0 Å². The molecule has 2 aromatic heterocycles. The van der Waals surface area contributed by atoms with Crippen LogP contribution in [-0.4, -0.2) is 37.7 Å². The number of halogens is 1. The van der Waals surface area contributed by atoms with Crippen molar-refractivity contribution in [3.05, 3.63) is 41.2 Å². The number of fused-ring (bicyclic) bond motifs is 1. The molecule has 0 bridgehead atoms. The third-order valence-corrected chi connectivity index (χ3v) is 3.93. The fraction of sp³-hybridized carbons (Fsp3) is 0.188. The molecule has 1 aliphatic heterocycles. The number of carbonyl (C=O) groups excluding carboxylic acids is 1. The fourth-order valence-electron chi connectivity index (χ4n) is 2.68. The predicted octanol–water partition coefficient (Wildman–Crippen LogP) is 1.01. The molecule has 0 atom stereocenters. The highest BCUT2D eigenvalue weighted by Crippen LogP contribution is 2.28. The van der Waals surface area contributed by atoms with E-state index in [1.165, 1.54) is 17.9 Å². The molecule has 1 amide bonds. The van der Waals surface area contributed by atoms with E-state index < -0.39 is 0 Å². The number of nitrogens with one attached hydrogen (secondary N) is 1. The number of anilines is 2. The average molecular weight is 355 g/mol. The zero-order valence-electron chi connectivity index (χ0n) is 13.7. The second-order valence-electron chi connectivity index (χ2n) is 5.66. The Labute approximate surface area is 147 Å². The first-order valence-electron chi connectivity index (χ1n) is 7.74. The fourth-order valence-corrected chi connectivity index (χ4v) is 2.68. The molecule has 132 valence electrons. The molecule has 0 aliphatic carbocycles. The second kappa shape index (κ2) is 6.06. The lowest BCUT2D eigenvalue weighted by molar-refractivity contribution is -0.115. The Morgan fingerprint density at radius 1 is 1.27 bits per heavy atom. The SMILES string of the molecule is COc1nc(-c2nc(N)c3c(n2)NC(=O)C3)nn1Cc1ccccc1F. The van der Waals surface area contributed by atoms with E-state index in [1.54, 1.807) is 18.2 Å². The summed E-state index contributed by atoms with van der Waals surface area (Å²) in [6, 6.07) is 6.53. The van der Waals surface area contributed by atoms with E-state index in [2.05, 4.69) is 25.4 Å². The topological polar surface area (TPSA) is 121 Å². The maximum absolute atomic E-state index is 13.9. The van der Waals surface area contributed by atoms with E-state index in [0.29, 0.717) is 16.9 Å². The smallest absolute Gasteiger partial charge is 0.315 e. The Morgan fingerprint density at radius 2 is 2.08 bits per heavy atom. The van der Waals surface area contributed by atoms with Gasteiger partial charge < -0.3 is 15.8 Å². The Balaban J connectivity index is 1.72. The van der Waals surface area contributed by atoms with E-state index in [4.69, 9.17) is 10.5 Å². The Hall–Kier alpha value is -3.56. The standard InChI is InChI=1S/C16H14FN7O2/c1-26-16-22-15(23-24(16)7-8-4-2-3-5-10(8)17)14-20-12(18)9-6-11(25)19-13(9)21-14/h2-5H,6-7H2,1H3,(H3,18,19,20,21,25). The first-order valence-corrected chi connectivity index (χ1v) is 7.74. The second-order valence-corrected chi connectivity index (χ2v) is 5.66. The van der Waals surface area contributed by atoms with E-state index >= 15 is 0 Å². The normalized spacial score (nSPS) is 12.8. The monoisotopic (exact) mass is 355 g/mol. The van der Waals surface area contributed by atoms with Crippen molar-refractivity contribution in [3.63, 3.8) is 0 Å². The molecule has 0 saturated carbocycles. The molecule has 1 aliphatic rings. The number of benzene rings is 1. The molecular weight excluding hydrogens is 341 g/mol. The molecule has 3 heterocycles. The van der Waals surface area contributed by atoms with Crippen molar-refractivity contribution < 1.29 is 13.9 Å². The van der Waals surface area contributed by atoms with Crippen molar-refractivity contribution >= 4 is 17.5 Å². The molecule has 4 rings (SSSR count). The number of nitrogen functional groups attached to an aromatic ring is 1. The summed E-state index contributed by atoms with van der Waals surface area (Å²) in [4.78, 5) is 24.2. The minimum Gasteiger partial charge on any atom is -0.467 e. The van der Waals surface area contributed by atoms with Crippen LogP contribution in [0.3, 0.4) is 0 Å². The third kappa shape index (κ3) is 2.70. The van der Waals surface area contributed by atoms with Crippen LogP contribution in [0.4, 0.5) is 16.0 Å². The van der Waals surface area contributed by atoms with Gasteiger partial charge in [-0.3, -0.25) is 4.79 Å². The number of nitrogens with two attached hydrogens (primary N) is 1. The largest absolute Gasteiger partial charge is 0.467 e. The molecule has 0 saturated heterocycles. The minimum atomic E-state index is -0.354. The van der Waals surface area contributed by atoms with Gasteiger partial charge in [0.05, 0.1) is 20.1 Å². The Kier molecular flexibility index (Phi) is 3.72. The van der Waals surface area contributed by atoms with Crippen LogP contribution in [0.1, 0.15) is 11.1 Å². The number of hydrogen-bond donors (Lipinski definition) is 2. The van der Waals surface area contributed by atoms with Crippen molar-refractivity contribution in [2.45, 2.75) is 13.0 Å². The van der Waals surface area contributed by atoms with Gasteiger partial charge in [-0.25, -0.2) is 19.0 Å². The number of rotatable bonds is 4. The molecule has 0 fully saturated rings. The van der Waals surface area contributed by atoms with Gasteiger partial charge >= 0.3 is 6.01 Å². The number of methoxy groups -OCH3 is 1. The van der Waals surface area contributed by atoms with Crippen molar-refractivity contribution in [3.8, 4) is 17.7 Å². The number of hydrogen-bond acceptors (Lipinski definition) is 7. The maximum atomic E-state index is 13.9. The molecule has 3 N–H and O–H groups in total. The Morgan fingerprint density at radius 3 is 2.85 bits per heavy atom. The van der Waals surface area contributed by atoms with E-state index in [-0.39, 0.29) is 48.2 Å². The highest BCUT2D eigenvalue weighted by atomic mass is 19.1. The summed E-state index contributed by atoms with van der Waals surface area (Å²) in [5, 5.41) is 6.91. The summed E-state index contributed by atoms with van der Waals surface area (Å²) in [5.74, 6) is 0.290. The number of ether oxygens (including phenoxy) is 1. The summed E-state index contributed by atoms with van der Waals surface area (Å²) in [5.41, 5.74) is 6.89. The van der Waals surface area contributed by atoms with Crippen molar-refractivity contribution in [1.82, 2.24) is 24.7 Å². The zero-order chi connectivity index (χ0) is 18.3. The first-order chi connectivity index (χ1) is 12.5. The molecule has 3 aromatic rings. The highest BCUT2D eigenvalue weighted by molar-refractivity contribution is 5.99. The van der Waals surface area contributed by atoms with Crippen LogP contribution in [-0.2, 0) is 17.8 Å². The van der Waals surface area contributed by atoms with Crippen LogP contribution in [0, 0.1) is 5.82 Å². The summed E-state index contributed by atoms with van der Waals surface area (Å²) >= 11 is 0. The Bertz CT molecular complexity index is 1020. The lowest BCUT2D eigenvalue weighted by atomic mass is 10.2. The number of nitrogens with zero attached hydrogens (tertiary/aromatic N) is 5. The van der Waals surface area contributed by atoms with Crippen LogP contribution < -0.4 is 15.8 Å². The first kappa shape index (κ1) is 15.9. The number of aromatic nitrogens is 5. The maximum Gasteiger partial charge on any atom is 0.315 e. The molecule has 9 nitrogen and oxygen atoms in total. The number of carbonyl (C=O) groups is 1. The van der Waals surface area contributed by atoms with Crippen LogP contribution >= 0.6 is 0 Å². The van der Waals surface area contributed by atoms with Gasteiger partial charge in [0.2, 0.25) is 17.6 Å². The van der Waals surface area contributed by atoms with Gasteiger partial charge in [-0.1, -0.05) is 18.2 Å². The molecule has 0 unspecified atom stereocenters. The molecular formula is C16H14FN7O2. The minimum absolute atomic E-state index is 0.125. The van der Waals surface area contributed by atoms with Crippen molar-refractivity contribution in [2.24, 2.45) is 0 Å².